The quantitative estimate of drug-likeness (QED) is 0.510. The molecule has 0 saturated heterocycles. The van der Waals surface area contributed by atoms with Crippen LogP contribution in [0.5, 0.6) is 0 Å². The zero-order valence-corrected chi connectivity index (χ0v) is 7.69. The van der Waals surface area contributed by atoms with E-state index in [1.54, 1.807) is 14.5 Å². The topological polar surface area (TPSA) is 42.6 Å². The van der Waals surface area contributed by atoms with Crippen LogP contribution in [0.1, 0.15) is 6.92 Å². The summed E-state index contributed by atoms with van der Waals surface area (Å²) in [7, 11) is 0. The molecule has 0 radical (unpaired) electrons. The van der Waals surface area contributed by atoms with E-state index in [0.29, 0.717) is 0 Å². The molecule has 1 unspecified atom stereocenters. The Balaban J connectivity index is 2.64. The minimum atomic E-state index is -0.217. The summed E-state index contributed by atoms with van der Waals surface area (Å²) in [6.07, 6.45) is 1.43. The summed E-state index contributed by atoms with van der Waals surface area (Å²) in [6.45, 7) is 2.74. The van der Waals surface area contributed by atoms with Crippen molar-refractivity contribution in [3.05, 3.63) is 0 Å². The first kappa shape index (κ1) is 7.60. The maximum atomic E-state index is 8.62. The van der Waals surface area contributed by atoms with Crippen LogP contribution in [0.4, 0.5) is 0 Å². The Labute approximate surface area is 73.6 Å². The van der Waals surface area contributed by atoms with E-state index in [9.17, 15) is 0 Å². The van der Waals surface area contributed by atoms with Crippen LogP contribution in [0.2, 0.25) is 0 Å². The van der Waals surface area contributed by atoms with Crippen molar-refractivity contribution < 1.29 is 0 Å². The van der Waals surface area contributed by atoms with Crippen molar-refractivity contribution in [2.24, 2.45) is 5.10 Å². The highest BCUT2D eigenvalue weighted by Crippen LogP contribution is 2.14. The zero-order valence-electron chi connectivity index (χ0n) is 5.53. The average molecular weight is 250 g/mol. The van der Waals surface area contributed by atoms with E-state index >= 15 is 0 Å². The van der Waals surface area contributed by atoms with Gasteiger partial charge in [-0.05, 0) is 6.92 Å². The van der Waals surface area contributed by atoms with Gasteiger partial charge >= 0.3 is 0 Å². The molecule has 1 heterocycles. The normalized spacial score (nSPS) is 23.5. The van der Waals surface area contributed by atoms with Gasteiger partial charge in [-0.1, -0.05) is 0 Å². The summed E-state index contributed by atoms with van der Waals surface area (Å²) >= 11 is 2.05. The molecule has 0 bridgehead atoms. The van der Waals surface area contributed by atoms with Crippen LogP contribution in [0.3, 0.4) is 0 Å². The van der Waals surface area contributed by atoms with Gasteiger partial charge in [0.05, 0.1) is 22.9 Å². The van der Waals surface area contributed by atoms with Gasteiger partial charge in [0.15, 0.2) is 0 Å². The minimum Gasteiger partial charge on any atom is -0.267 e. The standard InChI is InChI=1S/C5H7IN4/c1-2-10-5(3-7)9(6)4-8-10/h4-5H,2H2,1H3. The third kappa shape index (κ3) is 1.16. The van der Waals surface area contributed by atoms with Crippen molar-refractivity contribution >= 4 is 29.2 Å². The number of hydrogen-bond donors (Lipinski definition) is 0. The van der Waals surface area contributed by atoms with E-state index in [-0.39, 0.29) is 6.17 Å². The number of nitriles is 1. The van der Waals surface area contributed by atoms with E-state index in [2.05, 4.69) is 34.0 Å². The Hall–Kier alpha value is -0.510. The first-order valence-electron chi connectivity index (χ1n) is 2.94. The van der Waals surface area contributed by atoms with Crippen molar-refractivity contribution in [2.45, 2.75) is 13.1 Å². The van der Waals surface area contributed by atoms with Gasteiger partial charge in [0.2, 0.25) is 6.17 Å². The van der Waals surface area contributed by atoms with E-state index < -0.39 is 0 Å². The predicted octanol–water partition coefficient (Wildman–Crippen LogP) is 0.767. The number of hydrogen-bond acceptors (Lipinski definition) is 4. The molecule has 0 aromatic heterocycles. The van der Waals surface area contributed by atoms with Crippen LogP contribution in [-0.2, 0) is 0 Å². The molecular weight excluding hydrogens is 243 g/mol. The highest BCUT2D eigenvalue weighted by Gasteiger charge is 2.23. The molecule has 10 heavy (non-hydrogen) atoms. The molecular formula is C5H7IN4. The van der Waals surface area contributed by atoms with Crippen LogP contribution >= 0.6 is 22.9 Å². The number of halogens is 1. The molecule has 0 saturated carbocycles. The van der Waals surface area contributed by atoms with Crippen molar-refractivity contribution in [1.29, 1.82) is 5.26 Å². The number of nitrogens with zero attached hydrogens (tertiary/aromatic N) is 4. The first-order valence-corrected chi connectivity index (χ1v) is 3.90. The van der Waals surface area contributed by atoms with Crippen LogP contribution < -0.4 is 0 Å². The lowest BCUT2D eigenvalue weighted by atomic mass is 10.5. The lowest BCUT2D eigenvalue weighted by Crippen LogP contribution is -2.32. The monoisotopic (exact) mass is 250 g/mol. The Kier molecular flexibility index (Phi) is 2.32. The molecule has 4 nitrogen and oxygen atoms in total. The van der Waals surface area contributed by atoms with Crippen molar-refractivity contribution in [1.82, 2.24) is 8.12 Å². The summed E-state index contributed by atoms with van der Waals surface area (Å²) < 4.78 is 1.75. The van der Waals surface area contributed by atoms with Gasteiger partial charge in [-0.25, -0.2) is 0 Å². The molecule has 0 aromatic carbocycles. The zero-order chi connectivity index (χ0) is 7.56. The van der Waals surface area contributed by atoms with E-state index in [1.807, 2.05) is 6.92 Å². The highest BCUT2D eigenvalue weighted by molar-refractivity contribution is 14.1. The summed E-state index contributed by atoms with van der Waals surface area (Å²) in [6, 6.07) is 2.13. The SMILES string of the molecule is CCN1N=CN(I)C1C#N. The molecule has 0 amide bonds. The first-order chi connectivity index (χ1) is 4.79. The highest BCUT2D eigenvalue weighted by atomic mass is 127. The Bertz CT molecular complexity index is 185. The van der Waals surface area contributed by atoms with E-state index in [4.69, 9.17) is 5.26 Å². The second-order valence-corrected chi connectivity index (χ2v) is 2.95. The van der Waals surface area contributed by atoms with E-state index in [0.717, 1.165) is 6.54 Å². The van der Waals surface area contributed by atoms with E-state index in [1.165, 1.54) is 0 Å². The smallest absolute Gasteiger partial charge is 0.215 e. The van der Waals surface area contributed by atoms with Crippen LogP contribution in [0, 0.1) is 11.3 Å². The van der Waals surface area contributed by atoms with Crippen LogP contribution in [0.25, 0.3) is 0 Å². The lowest BCUT2D eigenvalue weighted by molar-refractivity contribution is 0.245. The molecule has 1 aliphatic rings. The predicted molar refractivity (Wildman–Crippen MR) is 46.1 cm³/mol. The fourth-order valence-electron chi connectivity index (χ4n) is 0.746. The van der Waals surface area contributed by atoms with Gasteiger partial charge in [-0.15, -0.1) is 0 Å². The summed E-state index contributed by atoms with van der Waals surface area (Å²) in [4.78, 5) is 0. The van der Waals surface area contributed by atoms with Gasteiger partial charge in [-0.2, -0.15) is 10.4 Å². The van der Waals surface area contributed by atoms with Crippen LogP contribution in [0.15, 0.2) is 5.10 Å². The number of hydrazone groups is 1. The summed E-state index contributed by atoms with van der Waals surface area (Å²) in [5.41, 5.74) is 0. The molecule has 1 atom stereocenters. The maximum absolute atomic E-state index is 8.62. The second-order valence-electron chi connectivity index (χ2n) is 1.83. The molecule has 0 aliphatic carbocycles. The van der Waals surface area contributed by atoms with Gasteiger partial charge in [0, 0.05) is 6.54 Å². The Morgan fingerprint density at radius 3 is 3.00 bits per heavy atom. The summed E-state index contributed by atoms with van der Waals surface area (Å²) in [5.74, 6) is 0. The summed E-state index contributed by atoms with van der Waals surface area (Å²) in [5, 5.41) is 14.3. The second kappa shape index (κ2) is 3.05. The molecule has 5 heteroatoms. The van der Waals surface area contributed by atoms with Crippen LogP contribution in [-0.4, -0.2) is 27.2 Å². The molecule has 54 valence electrons. The lowest BCUT2D eigenvalue weighted by Gasteiger charge is -2.18. The molecule has 1 rings (SSSR count). The molecule has 1 aliphatic heterocycles. The van der Waals surface area contributed by atoms with Crippen molar-refractivity contribution in [3.63, 3.8) is 0 Å². The largest absolute Gasteiger partial charge is 0.267 e. The molecule has 0 aromatic rings. The van der Waals surface area contributed by atoms with Gasteiger partial charge in [0.1, 0.15) is 12.4 Å². The number of rotatable bonds is 1. The van der Waals surface area contributed by atoms with Crippen molar-refractivity contribution in [2.75, 3.05) is 6.54 Å². The minimum absolute atomic E-state index is 0.217. The molecule has 0 N–H and O–H groups in total. The molecule has 0 fully saturated rings. The molecule has 0 spiro atoms. The average Bonchev–Trinajstić information content (AvgIpc) is 2.30. The fraction of sp³-hybridized carbons (Fsp3) is 0.600. The van der Waals surface area contributed by atoms with Gasteiger partial charge < -0.3 is 0 Å². The van der Waals surface area contributed by atoms with Gasteiger partial charge in [0.25, 0.3) is 0 Å². The van der Waals surface area contributed by atoms with Gasteiger partial charge in [-0.3, -0.25) is 8.12 Å². The maximum Gasteiger partial charge on any atom is 0.215 e. The third-order valence-electron chi connectivity index (χ3n) is 1.27. The Morgan fingerprint density at radius 1 is 1.90 bits per heavy atom. The van der Waals surface area contributed by atoms with Crippen molar-refractivity contribution in [3.8, 4) is 6.07 Å². The Morgan fingerprint density at radius 2 is 2.60 bits per heavy atom. The third-order valence-corrected chi connectivity index (χ3v) is 2.04. The fourth-order valence-corrected chi connectivity index (χ4v) is 1.27.